The minimum Gasteiger partial charge on any atom is -0.341 e. The van der Waals surface area contributed by atoms with E-state index >= 15 is 0 Å². The van der Waals surface area contributed by atoms with Gasteiger partial charge in [-0.1, -0.05) is 24.3 Å². The van der Waals surface area contributed by atoms with Crippen molar-refractivity contribution in [2.75, 3.05) is 0 Å². The van der Waals surface area contributed by atoms with E-state index in [2.05, 4.69) is 20.8 Å². The van der Waals surface area contributed by atoms with Gasteiger partial charge in [-0.2, -0.15) is 62.9 Å². The Morgan fingerprint density at radius 2 is 0.803 bits per heavy atom. The topological polar surface area (TPSA) is 83.4 Å². The molecule has 0 bridgehead atoms. The highest BCUT2D eigenvalue weighted by atomic mass is 32.2. The third-order valence-electron chi connectivity index (χ3n) is 9.99. The first-order valence-corrected chi connectivity index (χ1v) is 18.6. The maximum absolute atomic E-state index is 13.8. The molecule has 6 heterocycles. The molecular formula is C40H26F12N8S. The minimum atomic E-state index is -4.74. The lowest BCUT2D eigenvalue weighted by Crippen LogP contribution is -2.33. The van der Waals surface area contributed by atoms with E-state index in [4.69, 9.17) is 9.98 Å². The van der Waals surface area contributed by atoms with Gasteiger partial charge in [-0.25, -0.2) is 19.0 Å². The van der Waals surface area contributed by atoms with E-state index < -0.39 is 58.0 Å². The second-order valence-electron chi connectivity index (χ2n) is 14.3. The molecule has 2 aliphatic heterocycles. The molecule has 61 heavy (non-hydrogen) atoms. The summed E-state index contributed by atoms with van der Waals surface area (Å²) in [7, 11) is 0. The number of nitrogens with one attached hydrogen (secondary N) is 2. The Balaban J connectivity index is 1.20. The zero-order valence-corrected chi connectivity index (χ0v) is 31.8. The van der Waals surface area contributed by atoms with Crippen LogP contribution in [0.4, 0.5) is 52.7 Å². The van der Waals surface area contributed by atoms with Crippen molar-refractivity contribution in [3.8, 4) is 22.5 Å². The van der Waals surface area contributed by atoms with E-state index in [1.54, 1.807) is 26.0 Å². The smallest absolute Gasteiger partial charge is 0.341 e. The van der Waals surface area contributed by atoms with Gasteiger partial charge in [-0.05, 0) is 86.3 Å². The first kappa shape index (κ1) is 41.5. The fourth-order valence-corrected chi connectivity index (χ4v) is 7.96. The van der Waals surface area contributed by atoms with Gasteiger partial charge in [0, 0.05) is 47.0 Å². The Morgan fingerprint density at radius 1 is 0.475 bits per heavy atom. The van der Waals surface area contributed by atoms with Crippen LogP contribution in [0.5, 0.6) is 0 Å². The van der Waals surface area contributed by atoms with E-state index in [9.17, 15) is 52.7 Å². The van der Waals surface area contributed by atoms with Gasteiger partial charge < -0.3 is 10.6 Å². The van der Waals surface area contributed by atoms with Gasteiger partial charge in [0.25, 0.3) is 0 Å². The molecular weight excluding hydrogens is 853 g/mol. The van der Waals surface area contributed by atoms with Crippen LogP contribution < -0.4 is 10.6 Å². The summed E-state index contributed by atoms with van der Waals surface area (Å²) in [5, 5.41) is 15.1. The first-order chi connectivity index (χ1) is 28.4. The quantitative estimate of drug-likeness (QED) is 0.172. The Bertz CT molecular complexity index is 2620. The average Bonchev–Trinajstić information content (AvgIpc) is 3.77. The van der Waals surface area contributed by atoms with Crippen molar-refractivity contribution in [2.24, 2.45) is 9.98 Å². The maximum Gasteiger partial charge on any atom is 0.417 e. The maximum atomic E-state index is 13.8. The number of hydrogen-bond acceptors (Lipinski definition) is 7. The third kappa shape index (κ3) is 7.81. The second kappa shape index (κ2) is 14.2. The summed E-state index contributed by atoms with van der Waals surface area (Å²) in [6, 6.07) is 12.0. The molecule has 2 N–H and O–H groups in total. The van der Waals surface area contributed by atoms with Crippen molar-refractivity contribution < 1.29 is 52.7 Å². The summed E-state index contributed by atoms with van der Waals surface area (Å²) >= 11 is 0.949. The molecule has 0 amide bonds. The molecule has 0 fully saturated rings. The molecule has 6 aromatic rings. The predicted octanol–water partition coefficient (Wildman–Crippen LogP) is 11.2. The molecule has 0 saturated carbocycles. The Kier molecular flexibility index (Phi) is 9.63. The Labute approximate surface area is 340 Å². The number of thioether (sulfide) groups is 1. The van der Waals surface area contributed by atoms with Crippen LogP contribution in [0.25, 0.3) is 33.5 Å². The molecule has 2 unspecified atom stereocenters. The van der Waals surface area contributed by atoms with Crippen molar-refractivity contribution in [3.05, 3.63) is 143 Å². The number of hydrogen-bond donors (Lipinski definition) is 2. The lowest BCUT2D eigenvalue weighted by Gasteiger charge is -2.29. The lowest BCUT2D eigenvalue weighted by molar-refractivity contribution is -0.138. The normalized spacial score (nSPS) is 19.8. The van der Waals surface area contributed by atoms with Crippen molar-refractivity contribution in [3.63, 3.8) is 0 Å². The second-order valence-corrected chi connectivity index (χ2v) is 15.3. The van der Waals surface area contributed by atoms with E-state index in [1.807, 2.05) is 0 Å². The SMILES string of the molecule is CC1(c2c(-c3ccc(C(F)(F)F)cc3)nn3cc(C(F)(F)F)ccc23)C=CNC(SC2=NC(C)(c3c(-c4ccc(C(F)(F)F)cc4)nn4cc(C(F)(F)F)ccc34)C=CN2)=N1. The summed E-state index contributed by atoms with van der Waals surface area (Å²) in [5.74, 6) is 0. The zero-order valence-electron chi connectivity index (χ0n) is 31.0. The fraction of sp³-hybridized carbons (Fsp3) is 0.200. The van der Waals surface area contributed by atoms with Gasteiger partial charge in [0.1, 0.15) is 11.1 Å². The molecule has 0 aliphatic carbocycles. The zero-order chi connectivity index (χ0) is 43.9. The summed E-state index contributed by atoms with van der Waals surface area (Å²) in [6.07, 6.45) is -11.1. The third-order valence-corrected chi connectivity index (χ3v) is 10.8. The van der Waals surface area contributed by atoms with E-state index in [0.29, 0.717) is 0 Å². The van der Waals surface area contributed by atoms with E-state index in [-0.39, 0.29) is 55.0 Å². The number of amidine groups is 2. The highest BCUT2D eigenvalue weighted by Crippen LogP contribution is 2.44. The van der Waals surface area contributed by atoms with Crippen molar-refractivity contribution >= 4 is 33.1 Å². The number of aliphatic imine (C=N–C) groups is 2. The van der Waals surface area contributed by atoms with Gasteiger partial charge in [0.2, 0.25) is 0 Å². The predicted molar refractivity (Wildman–Crippen MR) is 203 cm³/mol. The standard InChI is InChI=1S/C40H26F12N8S/c1-35(29-27-13-11-25(39(47,48)49)19-59(27)57-31(29)21-3-7-23(8-4-21)37(41,42)43)15-17-53-33(55-35)61-34-54-18-16-36(2,56-34)30-28-14-12-26(40(50,51)52)20-60(28)58-32(30)22-5-9-24(10-6-22)38(44,45)46/h3-20H,1-2H3,(H,53,55)(H,54,56). The van der Waals surface area contributed by atoms with Gasteiger partial charge >= 0.3 is 24.7 Å². The van der Waals surface area contributed by atoms with Gasteiger partial charge in [0.15, 0.2) is 10.3 Å². The van der Waals surface area contributed by atoms with Crippen LogP contribution >= 0.6 is 11.8 Å². The molecule has 2 atom stereocenters. The number of alkyl halides is 12. The van der Waals surface area contributed by atoms with Crippen molar-refractivity contribution in [2.45, 2.75) is 49.6 Å². The molecule has 8 rings (SSSR count). The Hall–Kier alpha value is -6.25. The molecule has 0 radical (unpaired) electrons. The van der Waals surface area contributed by atoms with Crippen LogP contribution in [-0.4, -0.2) is 29.6 Å². The molecule has 21 heteroatoms. The van der Waals surface area contributed by atoms with Crippen molar-refractivity contribution in [1.29, 1.82) is 0 Å². The number of pyridine rings is 2. The number of aromatic nitrogens is 4. The fourth-order valence-electron chi connectivity index (χ4n) is 7.06. The van der Waals surface area contributed by atoms with Crippen LogP contribution in [0.15, 0.2) is 120 Å². The number of halogens is 12. The first-order valence-electron chi connectivity index (χ1n) is 17.7. The molecule has 2 aromatic carbocycles. The number of benzene rings is 2. The van der Waals surface area contributed by atoms with Crippen LogP contribution in [0, 0.1) is 0 Å². The van der Waals surface area contributed by atoms with Gasteiger partial charge in [-0.15, -0.1) is 0 Å². The summed E-state index contributed by atoms with van der Waals surface area (Å²) < 4.78 is 165. The monoisotopic (exact) mass is 878 g/mol. The van der Waals surface area contributed by atoms with Crippen molar-refractivity contribution in [1.82, 2.24) is 29.9 Å². The lowest BCUT2D eigenvalue weighted by atomic mass is 9.88. The minimum absolute atomic E-state index is 0.0522. The molecule has 0 saturated heterocycles. The largest absolute Gasteiger partial charge is 0.417 e. The van der Waals surface area contributed by atoms with E-state index in [1.165, 1.54) is 24.5 Å². The van der Waals surface area contributed by atoms with Crippen LogP contribution in [0.2, 0.25) is 0 Å². The molecule has 4 aromatic heterocycles. The summed E-state index contributed by atoms with van der Waals surface area (Å²) in [6.45, 7) is 3.25. The average molecular weight is 879 g/mol. The molecule has 0 spiro atoms. The van der Waals surface area contributed by atoms with E-state index in [0.717, 1.165) is 93.9 Å². The summed E-state index contributed by atoms with van der Waals surface area (Å²) in [4.78, 5) is 9.73. The number of nitrogens with zero attached hydrogens (tertiary/aromatic N) is 6. The van der Waals surface area contributed by atoms with Gasteiger partial charge in [-0.3, -0.25) is 0 Å². The molecule has 8 nitrogen and oxygen atoms in total. The van der Waals surface area contributed by atoms with Crippen LogP contribution in [0.3, 0.4) is 0 Å². The van der Waals surface area contributed by atoms with Gasteiger partial charge in [0.05, 0.1) is 44.7 Å². The highest BCUT2D eigenvalue weighted by Gasteiger charge is 2.39. The number of rotatable bonds is 4. The molecule has 316 valence electrons. The Morgan fingerprint density at radius 3 is 1.13 bits per heavy atom. The highest BCUT2D eigenvalue weighted by molar-refractivity contribution is 8.26. The molecule has 2 aliphatic rings. The number of fused-ring (bicyclic) bond motifs is 2. The van der Waals surface area contributed by atoms with Crippen LogP contribution in [0.1, 0.15) is 47.2 Å². The van der Waals surface area contributed by atoms with Crippen LogP contribution in [-0.2, 0) is 35.8 Å². The summed E-state index contributed by atoms with van der Waals surface area (Å²) in [5.41, 5.74) is -5.47.